The Morgan fingerprint density at radius 2 is 1.92 bits per heavy atom. The Balaban J connectivity index is 1.47. The molecule has 0 saturated carbocycles. The highest BCUT2D eigenvalue weighted by Crippen LogP contribution is 2.32. The number of morpholine rings is 1. The van der Waals surface area contributed by atoms with Gasteiger partial charge in [0.1, 0.15) is 5.25 Å². The highest BCUT2D eigenvalue weighted by Gasteiger charge is 2.38. The van der Waals surface area contributed by atoms with Crippen LogP contribution in [-0.2, 0) is 24.3 Å². The van der Waals surface area contributed by atoms with Crippen molar-refractivity contribution in [2.45, 2.75) is 29.9 Å². The van der Waals surface area contributed by atoms with Gasteiger partial charge in [-0.3, -0.25) is 14.5 Å². The molecule has 0 unspecified atom stereocenters. The van der Waals surface area contributed by atoms with Crippen molar-refractivity contribution < 1.29 is 22.7 Å². The van der Waals surface area contributed by atoms with Gasteiger partial charge in [-0.15, -0.1) is 0 Å². The first-order valence-corrected chi connectivity index (χ1v) is 14.3. The lowest BCUT2D eigenvalue weighted by molar-refractivity contribution is -0.128. The van der Waals surface area contributed by atoms with E-state index in [4.69, 9.17) is 16.3 Å². The molecule has 192 valence electrons. The van der Waals surface area contributed by atoms with Crippen LogP contribution in [0.2, 0.25) is 5.02 Å². The summed E-state index contributed by atoms with van der Waals surface area (Å²) < 4.78 is 32.4. The molecule has 9 nitrogen and oxygen atoms in total. The molecule has 12 heteroatoms. The molecule has 2 aliphatic heterocycles. The minimum atomic E-state index is -3.60. The maximum Gasteiger partial charge on any atom is 0.243 e. The van der Waals surface area contributed by atoms with Crippen molar-refractivity contribution in [3.63, 3.8) is 0 Å². The van der Waals surface area contributed by atoms with E-state index < -0.39 is 15.3 Å². The van der Waals surface area contributed by atoms with Gasteiger partial charge in [0.25, 0.3) is 0 Å². The number of nitrogens with zero attached hydrogens (tertiary/aromatic N) is 3. The molecular weight excluding hydrogens is 524 g/mol. The summed E-state index contributed by atoms with van der Waals surface area (Å²) in [5.41, 5.74) is 1.09. The van der Waals surface area contributed by atoms with Gasteiger partial charge in [0, 0.05) is 36.8 Å². The number of carbonyl (C=O) groups is 2. The molecule has 1 N–H and O–H groups in total. The molecule has 2 fully saturated rings. The first-order valence-electron chi connectivity index (χ1n) is 11.6. The Hall–Kier alpha value is -2.44. The summed E-state index contributed by atoms with van der Waals surface area (Å²) in [5, 5.41) is 3.17. The number of hydrogen-bond acceptors (Lipinski definition) is 7. The molecule has 2 aliphatic rings. The van der Waals surface area contributed by atoms with Crippen LogP contribution in [0.15, 0.2) is 58.4 Å². The smallest absolute Gasteiger partial charge is 0.243 e. The number of benzene rings is 2. The third-order valence-corrected chi connectivity index (χ3v) is 8.94. The number of nitrogens with one attached hydrogen (secondary N) is 1. The fourth-order valence-electron chi connectivity index (χ4n) is 3.84. The number of ether oxygens (including phenoxy) is 1. The number of thioether (sulfide) groups is 1. The second-order valence-electron chi connectivity index (χ2n) is 8.26. The van der Waals surface area contributed by atoms with E-state index in [-0.39, 0.29) is 23.1 Å². The van der Waals surface area contributed by atoms with Gasteiger partial charge in [-0.05, 0) is 48.9 Å². The Labute approximate surface area is 219 Å². The third kappa shape index (κ3) is 6.27. The largest absolute Gasteiger partial charge is 0.379 e. The zero-order valence-corrected chi connectivity index (χ0v) is 22.1. The van der Waals surface area contributed by atoms with Gasteiger partial charge < -0.3 is 10.1 Å². The van der Waals surface area contributed by atoms with Crippen molar-refractivity contribution in [2.24, 2.45) is 4.99 Å². The molecule has 1 atom stereocenters. The van der Waals surface area contributed by atoms with E-state index in [9.17, 15) is 18.0 Å². The molecular formula is C24H27ClN4O5S2. The van der Waals surface area contributed by atoms with E-state index >= 15 is 0 Å². The van der Waals surface area contributed by atoms with E-state index in [2.05, 4.69) is 10.3 Å². The lowest BCUT2D eigenvalue weighted by atomic mass is 10.2. The molecule has 0 aliphatic carbocycles. The molecule has 2 aromatic rings. The predicted molar refractivity (Wildman–Crippen MR) is 141 cm³/mol. The van der Waals surface area contributed by atoms with E-state index in [1.165, 1.54) is 28.2 Å². The topological polar surface area (TPSA) is 108 Å². The average molecular weight is 551 g/mol. The van der Waals surface area contributed by atoms with E-state index in [0.29, 0.717) is 54.4 Å². The Morgan fingerprint density at radius 3 is 2.58 bits per heavy atom. The third-order valence-electron chi connectivity index (χ3n) is 5.62. The van der Waals surface area contributed by atoms with Gasteiger partial charge in [-0.1, -0.05) is 36.4 Å². The number of aliphatic imine (C=N–C) groups is 1. The first kappa shape index (κ1) is 26.6. The van der Waals surface area contributed by atoms with Crippen LogP contribution >= 0.6 is 23.4 Å². The summed E-state index contributed by atoms with van der Waals surface area (Å²) in [7, 11) is -3.60. The van der Waals surface area contributed by atoms with Crippen molar-refractivity contribution >= 4 is 61.7 Å². The zero-order chi connectivity index (χ0) is 25.7. The summed E-state index contributed by atoms with van der Waals surface area (Å²) in [6.45, 7) is 3.83. The van der Waals surface area contributed by atoms with Crippen molar-refractivity contribution in [1.82, 2.24) is 9.21 Å². The SMILES string of the molecule is CCCN1C(=O)[C@@H](CC(=O)Nc2cccc(Cl)c2)SC1=Nc1ccc(S(=O)(=O)N2CCOCC2)cc1. The monoisotopic (exact) mass is 550 g/mol. The van der Waals surface area contributed by atoms with E-state index in [1.54, 1.807) is 41.3 Å². The second-order valence-corrected chi connectivity index (χ2v) is 11.8. The average Bonchev–Trinajstić information content (AvgIpc) is 3.14. The number of rotatable bonds is 8. The molecule has 0 bridgehead atoms. The molecule has 2 saturated heterocycles. The molecule has 0 spiro atoms. The number of halogens is 1. The van der Waals surface area contributed by atoms with Crippen LogP contribution in [0.1, 0.15) is 19.8 Å². The van der Waals surface area contributed by atoms with Crippen molar-refractivity contribution in [3.8, 4) is 0 Å². The number of amidine groups is 1. The lowest BCUT2D eigenvalue weighted by Gasteiger charge is -2.26. The maximum absolute atomic E-state index is 13.0. The van der Waals surface area contributed by atoms with Gasteiger partial charge in [0.2, 0.25) is 21.8 Å². The minimum absolute atomic E-state index is 0.00796. The predicted octanol–water partition coefficient (Wildman–Crippen LogP) is 3.73. The molecule has 2 aromatic carbocycles. The summed E-state index contributed by atoms with van der Waals surface area (Å²) in [6, 6.07) is 13.1. The number of carbonyl (C=O) groups excluding carboxylic acids is 2. The zero-order valence-electron chi connectivity index (χ0n) is 19.7. The number of amides is 2. The fraction of sp³-hybridized carbons (Fsp3) is 0.375. The highest BCUT2D eigenvalue weighted by molar-refractivity contribution is 8.15. The summed E-state index contributed by atoms with van der Waals surface area (Å²) in [6.07, 6.45) is 0.718. The number of hydrogen-bond donors (Lipinski definition) is 1. The maximum atomic E-state index is 13.0. The van der Waals surface area contributed by atoms with Gasteiger partial charge in [-0.25, -0.2) is 13.4 Å². The molecule has 4 rings (SSSR count). The van der Waals surface area contributed by atoms with E-state index in [0.717, 1.165) is 6.42 Å². The molecule has 36 heavy (non-hydrogen) atoms. The summed E-state index contributed by atoms with van der Waals surface area (Å²) in [4.78, 5) is 32.0. The van der Waals surface area contributed by atoms with Crippen molar-refractivity contribution in [2.75, 3.05) is 38.2 Å². The van der Waals surface area contributed by atoms with Crippen molar-refractivity contribution in [1.29, 1.82) is 0 Å². The first-order chi connectivity index (χ1) is 17.3. The second kappa shape index (κ2) is 11.7. The number of sulfonamides is 1. The highest BCUT2D eigenvalue weighted by atomic mass is 35.5. The molecule has 2 heterocycles. The summed E-state index contributed by atoms with van der Waals surface area (Å²) >= 11 is 7.21. The van der Waals surface area contributed by atoms with Gasteiger partial charge in [0.15, 0.2) is 5.17 Å². The standard InChI is InChI=1S/C24H27ClN4O5S2/c1-2-10-29-23(31)21(16-22(30)26-19-5-3-4-17(25)15-19)35-24(29)27-18-6-8-20(9-7-18)36(32,33)28-11-13-34-14-12-28/h3-9,15,21H,2,10-14,16H2,1H3,(H,26,30)/t21-/m1/s1. The molecule has 0 radical (unpaired) electrons. The minimum Gasteiger partial charge on any atom is -0.379 e. The quantitative estimate of drug-likeness (QED) is 0.536. The van der Waals surface area contributed by atoms with Crippen LogP contribution in [0, 0.1) is 0 Å². The van der Waals surface area contributed by atoms with Crippen LogP contribution in [0.4, 0.5) is 11.4 Å². The van der Waals surface area contributed by atoms with Crippen LogP contribution in [0.25, 0.3) is 0 Å². The van der Waals surface area contributed by atoms with Crippen molar-refractivity contribution in [3.05, 3.63) is 53.6 Å². The lowest BCUT2D eigenvalue weighted by Crippen LogP contribution is -2.40. The Kier molecular flexibility index (Phi) is 8.68. The Morgan fingerprint density at radius 1 is 1.19 bits per heavy atom. The van der Waals surface area contributed by atoms with Gasteiger partial charge in [-0.2, -0.15) is 4.31 Å². The van der Waals surface area contributed by atoms with Gasteiger partial charge >= 0.3 is 0 Å². The normalized spacial score (nSPS) is 20.2. The fourth-order valence-corrected chi connectivity index (χ4v) is 6.62. The van der Waals surface area contributed by atoms with Gasteiger partial charge in [0.05, 0.1) is 23.8 Å². The molecule has 0 aromatic heterocycles. The Bertz CT molecular complexity index is 1250. The van der Waals surface area contributed by atoms with Crippen LogP contribution in [0.3, 0.4) is 0 Å². The van der Waals surface area contributed by atoms with Crippen LogP contribution in [-0.4, -0.2) is 72.7 Å². The number of anilines is 1. The van der Waals surface area contributed by atoms with Crippen LogP contribution < -0.4 is 5.32 Å². The van der Waals surface area contributed by atoms with E-state index in [1.807, 2.05) is 6.92 Å². The summed E-state index contributed by atoms with van der Waals surface area (Å²) in [5.74, 6) is -0.466. The molecule has 2 amide bonds. The van der Waals surface area contributed by atoms with Crippen LogP contribution in [0.5, 0.6) is 0 Å².